The van der Waals surface area contributed by atoms with Crippen molar-refractivity contribution in [1.29, 1.82) is 0 Å². The summed E-state index contributed by atoms with van der Waals surface area (Å²) in [4.78, 5) is 0. The van der Waals surface area contributed by atoms with Gasteiger partial charge in [-0.15, -0.1) is 0 Å². The summed E-state index contributed by atoms with van der Waals surface area (Å²) < 4.78 is 17.0. The Kier molecular flexibility index (Phi) is 6.83. The first-order valence-electron chi connectivity index (χ1n) is 7.99. The van der Waals surface area contributed by atoms with Crippen LogP contribution in [-0.4, -0.2) is 38.5 Å². The zero-order chi connectivity index (χ0) is 14.9. The van der Waals surface area contributed by atoms with Crippen LogP contribution in [0.2, 0.25) is 0 Å². The third kappa shape index (κ3) is 5.94. The first-order valence-corrected chi connectivity index (χ1v) is 7.99. The monoisotopic (exact) mass is 293 g/mol. The van der Waals surface area contributed by atoms with Gasteiger partial charge in [-0.05, 0) is 50.5 Å². The first-order chi connectivity index (χ1) is 10.3. The van der Waals surface area contributed by atoms with Gasteiger partial charge in [-0.2, -0.15) is 0 Å². The quantitative estimate of drug-likeness (QED) is 0.760. The maximum atomic E-state index is 5.88. The van der Waals surface area contributed by atoms with Gasteiger partial charge in [0, 0.05) is 19.7 Å². The maximum Gasteiger partial charge on any atom is 0.120 e. The summed E-state index contributed by atoms with van der Waals surface area (Å²) in [5, 5.41) is 3.41. The molecule has 1 aliphatic rings. The number of hydrogen-bond acceptors (Lipinski definition) is 4. The van der Waals surface area contributed by atoms with E-state index in [4.69, 9.17) is 14.2 Å². The van der Waals surface area contributed by atoms with Gasteiger partial charge in [0.05, 0.1) is 12.7 Å². The molecule has 0 spiro atoms. The molecular formula is C17H27NO3. The molecular weight excluding hydrogens is 266 g/mol. The van der Waals surface area contributed by atoms with Gasteiger partial charge < -0.3 is 19.5 Å². The second kappa shape index (κ2) is 8.90. The van der Waals surface area contributed by atoms with E-state index >= 15 is 0 Å². The van der Waals surface area contributed by atoms with Gasteiger partial charge in [-0.25, -0.2) is 0 Å². The van der Waals surface area contributed by atoms with Crippen LogP contribution in [0.4, 0.5) is 0 Å². The zero-order valence-electron chi connectivity index (χ0n) is 13.1. The van der Waals surface area contributed by atoms with E-state index in [9.17, 15) is 0 Å². The predicted octanol–water partition coefficient (Wildman–Crippen LogP) is 3.01. The molecule has 1 saturated heterocycles. The molecule has 4 nitrogen and oxygen atoms in total. The van der Waals surface area contributed by atoms with Crippen LogP contribution in [0.25, 0.3) is 0 Å². The summed E-state index contributed by atoms with van der Waals surface area (Å²) >= 11 is 0. The Labute approximate surface area is 127 Å². The molecule has 1 heterocycles. The summed E-state index contributed by atoms with van der Waals surface area (Å²) in [5.41, 5.74) is 0. The minimum atomic E-state index is 0.133. The van der Waals surface area contributed by atoms with Crippen molar-refractivity contribution < 1.29 is 14.2 Å². The number of nitrogens with one attached hydrogen (secondary N) is 1. The van der Waals surface area contributed by atoms with Crippen LogP contribution in [0.5, 0.6) is 11.5 Å². The minimum absolute atomic E-state index is 0.133. The SMILES string of the molecule is CCCOc1ccc(OC(C)CNCC2CCCO2)cc1. The Morgan fingerprint density at radius 1 is 1.29 bits per heavy atom. The summed E-state index contributed by atoms with van der Waals surface area (Å²) in [7, 11) is 0. The molecule has 0 radical (unpaired) electrons. The molecule has 1 fully saturated rings. The molecule has 2 unspecified atom stereocenters. The van der Waals surface area contributed by atoms with Crippen molar-refractivity contribution in [1.82, 2.24) is 5.32 Å². The van der Waals surface area contributed by atoms with Crippen molar-refractivity contribution in [3.05, 3.63) is 24.3 Å². The second-order valence-corrected chi connectivity index (χ2v) is 5.54. The average Bonchev–Trinajstić information content (AvgIpc) is 3.00. The van der Waals surface area contributed by atoms with Crippen LogP contribution < -0.4 is 14.8 Å². The van der Waals surface area contributed by atoms with Crippen molar-refractivity contribution in [2.24, 2.45) is 0 Å². The normalized spacial score (nSPS) is 19.4. The molecule has 2 atom stereocenters. The summed E-state index contributed by atoms with van der Waals surface area (Å²) in [6.07, 6.45) is 3.89. The van der Waals surface area contributed by atoms with E-state index < -0.39 is 0 Å². The Morgan fingerprint density at radius 3 is 2.71 bits per heavy atom. The lowest BCUT2D eigenvalue weighted by atomic mass is 10.2. The van der Waals surface area contributed by atoms with Gasteiger partial charge in [0.1, 0.15) is 17.6 Å². The number of benzene rings is 1. The highest BCUT2D eigenvalue weighted by atomic mass is 16.5. The highest BCUT2D eigenvalue weighted by molar-refractivity contribution is 5.31. The Bertz CT molecular complexity index is 388. The number of ether oxygens (including phenoxy) is 3. The molecule has 0 aromatic heterocycles. The molecule has 21 heavy (non-hydrogen) atoms. The van der Waals surface area contributed by atoms with Crippen LogP contribution in [-0.2, 0) is 4.74 Å². The lowest BCUT2D eigenvalue weighted by molar-refractivity contribution is 0.106. The molecule has 4 heteroatoms. The van der Waals surface area contributed by atoms with Crippen molar-refractivity contribution in [2.45, 2.75) is 45.3 Å². The first kappa shape index (κ1) is 16.1. The predicted molar refractivity (Wildman–Crippen MR) is 84.2 cm³/mol. The second-order valence-electron chi connectivity index (χ2n) is 5.54. The van der Waals surface area contributed by atoms with Crippen molar-refractivity contribution >= 4 is 0 Å². The number of hydrogen-bond donors (Lipinski definition) is 1. The topological polar surface area (TPSA) is 39.7 Å². The number of rotatable bonds is 9. The van der Waals surface area contributed by atoms with E-state index in [1.165, 1.54) is 12.8 Å². The van der Waals surface area contributed by atoms with Crippen LogP contribution in [0, 0.1) is 0 Å². The molecule has 0 bridgehead atoms. The van der Waals surface area contributed by atoms with E-state index in [2.05, 4.69) is 19.2 Å². The van der Waals surface area contributed by atoms with Crippen molar-refractivity contribution in [2.75, 3.05) is 26.3 Å². The average molecular weight is 293 g/mol. The smallest absolute Gasteiger partial charge is 0.120 e. The highest BCUT2D eigenvalue weighted by Gasteiger charge is 2.15. The molecule has 0 saturated carbocycles. The Hall–Kier alpha value is -1.26. The fourth-order valence-electron chi connectivity index (χ4n) is 2.36. The molecule has 0 aliphatic carbocycles. The largest absolute Gasteiger partial charge is 0.494 e. The van der Waals surface area contributed by atoms with E-state index in [-0.39, 0.29) is 6.10 Å². The third-order valence-electron chi connectivity index (χ3n) is 3.46. The van der Waals surface area contributed by atoms with Gasteiger partial charge in [0.25, 0.3) is 0 Å². The Morgan fingerprint density at radius 2 is 2.05 bits per heavy atom. The van der Waals surface area contributed by atoms with Crippen molar-refractivity contribution in [3.8, 4) is 11.5 Å². The van der Waals surface area contributed by atoms with Gasteiger partial charge >= 0.3 is 0 Å². The molecule has 1 aromatic rings. The Balaban J connectivity index is 1.65. The van der Waals surface area contributed by atoms with Crippen LogP contribution in [0.1, 0.15) is 33.1 Å². The van der Waals surface area contributed by atoms with E-state index in [1.807, 2.05) is 24.3 Å². The fraction of sp³-hybridized carbons (Fsp3) is 0.647. The third-order valence-corrected chi connectivity index (χ3v) is 3.46. The zero-order valence-corrected chi connectivity index (χ0v) is 13.1. The van der Waals surface area contributed by atoms with E-state index in [1.54, 1.807) is 0 Å². The van der Waals surface area contributed by atoms with E-state index in [0.29, 0.717) is 6.10 Å². The van der Waals surface area contributed by atoms with E-state index in [0.717, 1.165) is 44.2 Å². The van der Waals surface area contributed by atoms with Crippen LogP contribution in [0.3, 0.4) is 0 Å². The molecule has 1 aromatic carbocycles. The van der Waals surface area contributed by atoms with Gasteiger partial charge in [0.2, 0.25) is 0 Å². The minimum Gasteiger partial charge on any atom is -0.494 e. The molecule has 1 aliphatic heterocycles. The molecule has 2 rings (SSSR count). The molecule has 118 valence electrons. The molecule has 0 amide bonds. The summed E-state index contributed by atoms with van der Waals surface area (Å²) in [5.74, 6) is 1.78. The lowest BCUT2D eigenvalue weighted by Gasteiger charge is -2.17. The van der Waals surface area contributed by atoms with Gasteiger partial charge in [-0.1, -0.05) is 6.92 Å². The van der Waals surface area contributed by atoms with Crippen LogP contribution >= 0.6 is 0 Å². The van der Waals surface area contributed by atoms with Gasteiger partial charge in [0.15, 0.2) is 0 Å². The standard InChI is InChI=1S/C17H27NO3/c1-3-10-19-15-6-8-16(9-7-15)21-14(2)12-18-13-17-5-4-11-20-17/h6-9,14,17-18H,3-5,10-13H2,1-2H3. The lowest BCUT2D eigenvalue weighted by Crippen LogP contribution is -2.34. The molecule has 1 N–H and O–H groups in total. The fourth-order valence-corrected chi connectivity index (χ4v) is 2.36. The summed E-state index contributed by atoms with van der Waals surface area (Å²) in [6, 6.07) is 7.83. The van der Waals surface area contributed by atoms with Gasteiger partial charge in [-0.3, -0.25) is 0 Å². The summed E-state index contributed by atoms with van der Waals surface area (Å²) in [6.45, 7) is 7.58. The van der Waals surface area contributed by atoms with Crippen molar-refractivity contribution in [3.63, 3.8) is 0 Å². The highest BCUT2D eigenvalue weighted by Crippen LogP contribution is 2.18. The maximum absolute atomic E-state index is 5.88. The van der Waals surface area contributed by atoms with Crippen LogP contribution in [0.15, 0.2) is 24.3 Å².